The second kappa shape index (κ2) is 14.5. The number of carbonyl (C=O) groups is 4. The third-order valence-electron chi connectivity index (χ3n) is 6.86. The lowest BCUT2D eigenvalue weighted by Gasteiger charge is -2.27. The Labute approximate surface area is 254 Å². The Morgan fingerprint density at radius 2 is 1.59 bits per heavy atom. The minimum absolute atomic E-state index is 0.0176. The number of ether oxygens (including phenoxy) is 1. The normalized spacial score (nSPS) is 11.2. The van der Waals surface area contributed by atoms with Crippen LogP contribution >= 0.6 is 0 Å². The topological polar surface area (TPSA) is 150 Å². The summed E-state index contributed by atoms with van der Waals surface area (Å²) in [6.45, 7) is 1.89. The third kappa shape index (κ3) is 8.19. The highest BCUT2D eigenvalue weighted by molar-refractivity contribution is 6.01. The fraction of sp³-hybridized carbons (Fsp3) is 0.182. The molecule has 1 unspecified atom stereocenters. The van der Waals surface area contributed by atoms with E-state index in [1.165, 1.54) is 25.3 Å². The predicted octanol–water partition coefficient (Wildman–Crippen LogP) is 5.51. The molecular formula is C33H33N5O6. The predicted molar refractivity (Wildman–Crippen MR) is 167 cm³/mol. The highest BCUT2D eigenvalue weighted by Crippen LogP contribution is 2.27. The summed E-state index contributed by atoms with van der Waals surface area (Å²) in [7, 11) is 3.01. The molecule has 0 aliphatic carbocycles. The molecule has 0 aliphatic rings. The molecule has 4 N–H and O–H groups in total. The first-order chi connectivity index (χ1) is 21.1. The summed E-state index contributed by atoms with van der Waals surface area (Å²) >= 11 is 0. The van der Waals surface area contributed by atoms with Gasteiger partial charge in [0.25, 0.3) is 5.91 Å². The zero-order chi connectivity index (χ0) is 31.6. The van der Waals surface area contributed by atoms with Gasteiger partial charge in [0.15, 0.2) is 0 Å². The van der Waals surface area contributed by atoms with Crippen molar-refractivity contribution < 1.29 is 29.0 Å². The molecule has 0 saturated carbocycles. The number of hydrogen-bond donors (Lipinski definition) is 4. The summed E-state index contributed by atoms with van der Waals surface area (Å²) in [6, 6.07) is 23.0. The molecule has 226 valence electrons. The Bertz CT molecular complexity index is 1640. The summed E-state index contributed by atoms with van der Waals surface area (Å²) in [4.78, 5) is 55.6. The number of carbonyl (C=O) groups excluding carboxylic acids is 3. The maximum atomic E-state index is 12.9. The molecule has 1 heterocycles. The Morgan fingerprint density at radius 1 is 0.886 bits per heavy atom. The number of anilines is 3. The van der Waals surface area contributed by atoms with Crippen molar-refractivity contribution in [2.75, 3.05) is 30.1 Å². The quantitative estimate of drug-likeness (QED) is 0.179. The van der Waals surface area contributed by atoms with Crippen molar-refractivity contribution in [3.8, 4) is 5.75 Å². The second-order valence-corrected chi connectivity index (χ2v) is 10.0. The number of nitrogens with one attached hydrogen (secondary N) is 3. The fourth-order valence-corrected chi connectivity index (χ4v) is 4.54. The number of methoxy groups -OCH3 is 1. The first-order valence-electron chi connectivity index (χ1n) is 13.7. The van der Waals surface area contributed by atoms with Crippen molar-refractivity contribution in [1.29, 1.82) is 0 Å². The average Bonchev–Trinajstić information content (AvgIpc) is 3.01. The molecule has 3 aromatic carbocycles. The van der Waals surface area contributed by atoms with Crippen molar-refractivity contribution in [3.05, 3.63) is 114 Å². The lowest BCUT2D eigenvalue weighted by molar-refractivity contribution is -0.138. The number of pyridine rings is 1. The largest absolute Gasteiger partial charge is 0.495 e. The first-order valence-corrected chi connectivity index (χ1v) is 13.7. The van der Waals surface area contributed by atoms with E-state index >= 15 is 0 Å². The number of carboxylic acids is 1. The number of urea groups is 1. The van der Waals surface area contributed by atoms with Crippen molar-refractivity contribution in [3.63, 3.8) is 0 Å². The first kappa shape index (κ1) is 31.2. The van der Waals surface area contributed by atoms with E-state index in [1.54, 1.807) is 66.7 Å². The zero-order valence-corrected chi connectivity index (χ0v) is 24.5. The van der Waals surface area contributed by atoms with Crippen molar-refractivity contribution >= 4 is 40.9 Å². The summed E-state index contributed by atoms with van der Waals surface area (Å²) in [6.07, 6.45) is 1.10. The van der Waals surface area contributed by atoms with E-state index in [2.05, 4.69) is 20.9 Å². The van der Waals surface area contributed by atoms with Gasteiger partial charge in [-0.2, -0.15) is 0 Å². The summed E-state index contributed by atoms with van der Waals surface area (Å²) < 4.78 is 5.43. The second-order valence-electron chi connectivity index (χ2n) is 10.0. The van der Waals surface area contributed by atoms with E-state index < -0.39 is 18.0 Å². The van der Waals surface area contributed by atoms with Gasteiger partial charge < -0.3 is 30.7 Å². The van der Waals surface area contributed by atoms with Crippen molar-refractivity contribution in [2.45, 2.75) is 25.8 Å². The van der Waals surface area contributed by atoms with Gasteiger partial charge >= 0.3 is 12.0 Å². The van der Waals surface area contributed by atoms with Gasteiger partial charge in [0.1, 0.15) is 5.75 Å². The van der Waals surface area contributed by atoms with E-state index in [-0.39, 0.29) is 24.7 Å². The van der Waals surface area contributed by atoms with Crippen molar-refractivity contribution in [1.82, 2.24) is 9.88 Å². The highest BCUT2D eigenvalue weighted by atomic mass is 16.5. The minimum Gasteiger partial charge on any atom is -0.495 e. The molecule has 1 aromatic heterocycles. The third-order valence-corrected chi connectivity index (χ3v) is 6.86. The Morgan fingerprint density at radius 3 is 2.25 bits per heavy atom. The lowest BCUT2D eigenvalue weighted by atomic mass is 10.1. The van der Waals surface area contributed by atoms with Crippen molar-refractivity contribution in [2.24, 2.45) is 0 Å². The van der Waals surface area contributed by atoms with Crippen LogP contribution in [-0.2, 0) is 16.0 Å². The fourth-order valence-electron chi connectivity index (χ4n) is 4.54. The Balaban J connectivity index is 1.39. The molecule has 11 nitrogen and oxygen atoms in total. The molecule has 0 radical (unpaired) electrons. The van der Waals surface area contributed by atoms with Crippen LogP contribution in [0.1, 0.15) is 39.6 Å². The lowest BCUT2D eigenvalue weighted by Crippen LogP contribution is -2.33. The molecule has 0 aliphatic heterocycles. The van der Waals surface area contributed by atoms with Gasteiger partial charge in [0.2, 0.25) is 5.91 Å². The molecule has 4 amide bonds. The van der Waals surface area contributed by atoms with E-state index in [9.17, 15) is 24.3 Å². The summed E-state index contributed by atoms with van der Waals surface area (Å²) in [5.74, 6) is -1.34. The number of carboxylic acid groups (broad SMARTS) is 1. The van der Waals surface area contributed by atoms with Crippen LogP contribution in [0.3, 0.4) is 0 Å². The number of aryl methyl sites for hydroxylation is 1. The number of rotatable bonds is 11. The maximum absolute atomic E-state index is 12.9. The van der Waals surface area contributed by atoms with Gasteiger partial charge in [-0.15, -0.1) is 0 Å². The number of aromatic nitrogens is 1. The SMILES string of the molecule is COc1cc(CC(=O)Nc2ccc(C(CC(=O)O)N(C)C(=O)c3ccccc3)nc2)ccc1NC(=O)Nc1ccccc1C. The van der Waals surface area contributed by atoms with Crippen LogP contribution in [-0.4, -0.2) is 53.0 Å². The molecule has 4 aromatic rings. The number of aliphatic carboxylic acids is 1. The number of benzene rings is 3. The molecule has 0 fully saturated rings. The van der Waals surface area contributed by atoms with Gasteiger partial charge in [-0.3, -0.25) is 19.4 Å². The van der Waals surface area contributed by atoms with Crippen LogP contribution in [0, 0.1) is 6.92 Å². The van der Waals surface area contributed by atoms with Crippen LogP contribution in [0.25, 0.3) is 0 Å². The molecule has 1 atom stereocenters. The Kier molecular flexibility index (Phi) is 10.3. The van der Waals surface area contributed by atoms with Gasteiger partial charge in [-0.1, -0.05) is 42.5 Å². The van der Waals surface area contributed by atoms with E-state index in [0.29, 0.717) is 39.6 Å². The summed E-state index contributed by atoms with van der Waals surface area (Å²) in [5.41, 5.74) is 3.90. The van der Waals surface area contributed by atoms with Crippen LogP contribution < -0.4 is 20.7 Å². The molecule has 0 saturated heterocycles. The highest BCUT2D eigenvalue weighted by Gasteiger charge is 2.26. The zero-order valence-electron chi connectivity index (χ0n) is 24.5. The van der Waals surface area contributed by atoms with Crippen LogP contribution in [0.2, 0.25) is 0 Å². The van der Waals surface area contributed by atoms with Gasteiger partial charge in [0, 0.05) is 18.3 Å². The van der Waals surface area contributed by atoms with E-state index in [4.69, 9.17) is 4.74 Å². The molecule has 11 heteroatoms. The molecular weight excluding hydrogens is 562 g/mol. The van der Waals surface area contributed by atoms with Crippen LogP contribution in [0.4, 0.5) is 21.9 Å². The number of nitrogens with zero attached hydrogens (tertiary/aromatic N) is 2. The van der Waals surface area contributed by atoms with Crippen LogP contribution in [0.15, 0.2) is 91.1 Å². The standard InChI is InChI=1S/C33H33N5O6/c1-21-9-7-8-12-25(21)36-33(43)37-27-15-13-22(17-29(27)44-3)18-30(39)35-24-14-16-26(34-20-24)28(19-31(40)41)38(2)32(42)23-10-5-4-6-11-23/h4-17,20,28H,18-19H2,1-3H3,(H,35,39)(H,40,41)(H2,36,37,43). The van der Waals surface area contributed by atoms with E-state index in [1.807, 2.05) is 25.1 Å². The van der Waals surface area contributed by atoms with Gasteiger partial charge in [0.05, 0.1) is 49.3 Å². The molecule has 0 bridgehead atoms. The summed E-state index contributed by atoms with van der Waals surface area (Å²) in [5, 5.41) is 17.8. The van der Waals surface area contributed by atoms with Gasteiger partial charge in [-0.25, -0.2) is 4.79 Å². The minimum atomic E-state index is -1.08. The number of amides is 4. The smallest absolute Gasteiger partial charge is 0.323 e. The number of hydrogen-bond acceptors (Lipinski definition) is 6. The Hall–Kier alpha value is -5.71. The maximum Gasteiger partial charge on any atom is 0.323 e. The number of para-hydroxylation sites is 1. The monoisotopic (exact) mass is 595 g/mol. The average molecular weight is 596 g/mol. The van der Waals surface area contributed by atoms with E-state index in [0.717, 1.165) is 5.56 Å². The molecule has 4 rings (SSSR count). The van der Waals surface area contributed by atoms with Gasteiger partial charge in [-0.05, 0) is 60.5 Å². The van der Waals surface area contributed by atoms with Crippen LogP contribution in [0.5, 0.6) is 5.75 Å². The molecule has 0 spiro atoms. The molecule has 44 heavy (non-hydrogen) atoms.